The van der Waals surface area contributed by atoms with Crippen LogP contribution in [-0.4, -0.2) is 33.5 Å². The number of hydrogen-bond acceptors (Lipinski definition) is 6. The number of nitrogen functional groups attached to an aromatic ring is 1. The van der Waals surface area contributed by atoms with Crippen molar-refractivity contribution in [2.45, 2.75) is 13.1 Å². The second-order valence-corrected chi connectivity index (χ2v) is 4.69. The molecule has 0 spiro atoms. The van der Waals surface area contributed by atoms with E-state index < -0.39 is 17.9 Å². The lowest BCUT2D eigenvalue weighted by Gasteiger charge is -2.12. The van der Waals surface area contributed by atoms with Crippen LogP contribution in [-0.2, 0) is 6.18 Å². The van der Waals surface area contributed by atoms with Gasteiger partial charge in [0.25, 0.3) is 0 Å². The standard InChI is InChI=1S/C9H14F3N5S/c1-5(4-18-2)3-14-8-16-6(9(10,11)12)15-7(13)17-8/h5H,3-4H2,1-2H3,(H3,13,14,15,16,17). The summed E-state index contributed by atoms with van der Waals surface area (Å²) >= 11 is 1.66. The Bertz CT molecular complexity index is 398. The maximum absolute atomic E-state index is 12.4. The molecule has 9 heteroatoms. The first-order valence-corrected chi connectivity index (χ1v) is 6.54. The lowest BCUT2D eigenvalue weighted by Crippen LogP contribution is -2.19. The second-order valence-electron chi connectivity index (χ2n) is 3.78. The summed E-state index contributed by atoms with van der Waals surface area (Å²) in [5.41, 5.74) is 5.21. The van der Waals surface area contributed by atoms with Crippen LogP contribution < -0.4 is 11.1 Å². The van der Waals surface area contributed by atoms with Crippen molar-refractivity contribution in [1.82, 2.24) is 15.0 Å². The molecule has 0 fully saturated rings. The lowest BCUT2D eigenvalue weighted by atomic mass is 10.2. The number of nitrogens with one attached hydrogen (secondary N) is 1. The first-order valence-electron chi connectivity index (χ1n) is 5.14. The molecule has 1 aromatic heterocycles. The van der Waals surface area contributed by atoms with Crippen molar-refractivity contribution in [3.05, 3.63) is 5.82 Å². The molecule has 0 bridgehead atoms. The van der Waals surface area contributed by atoms with Crippen LogP contribution in [0.25, 0.3) is 0 Å². The lowest BCUT2D eigenvalue weighted by molar-refractivity contribution is -0.144. The van der Waals surface area contributed by atoms with Crippen molar-refractivity contribution in [3.8, 4) is 0 Å². The maximum Gasteiger partial charge on any atom is 0.451 e. The number of hydrogen-bond donors (Lipinski definition) is 2. The molecule has 0 aliphatic rings. The summed E-state index contributed by atoms with van der Waals surface area (Å²) in [6.07, 6.45) is -2.67. The summed E-state index contributed by atoms with van der Waals surface area (Å²) < 4.78 is 37.3. The molecule has 3 N–H and O–H groups in total. The fraction of sp³-hybridized carbons (Fsp3) is 0.667. The van der Waals surface area contributed by atoms with E-state index in [9.17, 15) is 13.2 Å². The molecule has 1 rings (SSSR count). The van der Waals surface area contributed by atoms with Crippen molar-refractivity contribution in [1.29, 1.82) is 0 Å². The Labute approximate surface area is 107 Å². The van der Waals surface area contributed by atoms with Gasteiger partial charge in [-0.15, -0.1) is 0 Å². The van der Waals surface area contributed by atoms with Gasteiger partial charge in [-0.25, -0.2) is 0 Å². The minimum Gasteiger partial charge on any atom is -0.368 e. The van der Waals surface area contributed by atoms with E-state index in [4.69, 9.17) is 5.73 Å². The molecule has 0 amide bonds. The van der Waals surface area contributed by atoms with E-state index in [1.807, 2.05) is 13.2 Å². The zero-order chi connectivity index (χ0) is 13.8. The second kappa shape index (κ2) is 6.07. The summed E-state index contributed by atoms with van der Waals surface area (Å²) in [5, 5.41) is 2.73. The van der Waals surface area contributed by atoms with E-state index in [0.29, 0.717) is 6.54 Å². The van der Waals surface area contributed by atoms with Crippen molar-refractivity contribution in [2.24, 2.45) is 5.92 Å². The molecule has 1 aromatic rings. The Hall–Kier alpha value is -1.25. The smallest absolute Gasteiger partial charge is 0.368 e. The van der Waals surface area contributed by atoms with E-state index in [1.165, 1.54) is 0 Å². The van der Waals surface area contributed by atoms with Gasteiger partial charge < -0.3 is 11.1 Å². The van der Waals surface area contributed by atoms with E-state index in [0.717, 1.165) is 5.75 Å². The number of nitrogens with two attached hydrogens (primary N) is 1. The topological polar surface area (TPSA) is 76.7 Å². The summed E-state index contributed by atoms with van der Waals surface area (Å²) in [6.45, 7) is 2.44. The predicted octanol–water partition coefficient (Wildman–Crippen LogP) is 1.88. The number of aromatic nitrogens is 3. The van der Waals surface area contributed by atoms with Gasteiger partial charge >= 0.3 is 6.18 Å². The van der Waals surface area contributed by atoms with Crippen LogP contribution in [0.5, 0.6) is 0 Å². The average molecular weight is 281 g/mol. The number of rotatable bonds is 5. The highest BCUT2D eigenvalue weighted by atomic mass is 32.2. The molecule has 102 valence electrons. The molecular formula is C9H14F3N5S. The average Bonchev–Trinajstić information content (AvgIpc) is 2.25. The third kappa shape index (κ3) is 4.55. The number of halogens is 3. The molecule has 5 nitrogen and oxygen atoms in total. The van der Waals surface area contributed by atoms with Crippen LogP contribution in [0.2, 0.25) is 0 Å². The summed E-state index contributed by atoms with van der Waals surface area (Å²) in [5.74, 6) is -0.706. The molecule has 0 radical (unpaired) electrons. The summed E-state index contributed by atoms with van der Waals surface area (Å²) in [4.78, 5) is 9.96. The largest absolute Gasteiger partial charge is 0.451 e. The van der Waals surface area contributed by atoms with Crippen LogP contribution in [0.3, 0.4) is 0 Å². The quantitative estimate of drug-likeness (QED) is 0.858. The third-order valence-corrected chi connectivity index (χ3v) is 2.87. The predicted molar refractivity (Wildman–Crippen MR) is 65.3 cm³/mol. The zero-order valence-electron chi connectivity index (χ0n) is 9.95. The van der Waals surface area contributed by atoms with Crippen LogP contribution in [0.4, 0.5) is 25.1 Å². The zero-order valence-corrected chi connectivity index (χ0v) is 10.8. The van der Waals surface area contributed by atoms with E-state index >= 15 is 0 Å². The number of nitrogens with zero attached hydrogens (tertiary/aromatic N) is 3. The highest BCUT2D eigenvalue weighted by Crippen LogP contribution is 2.26. The third-order valence-electron chi connectivity index (χ3n) is 1.97. The highest BCUT2D eigenvalue weighted by Gasteiger charge is 2.35. The van der Waals surface area contributed by atoms with Crippen LogP contribution in [0.1, 0.15) is 12.7 Å². The molecule has 0 aromatic carbocycles. The molecule has 1 atom stereocenters. The van der Waals surface area contributed by atoms with Crippen molar-refractivity contribution >= 4 is 23.7 Å². The highest BCUT2D eigenvalue weighted by molar-refractivity contribution is 7.98. The number of anilines is 2. The fourth-order valence-corrected chi connectivity index (χ4v) is 1.89. The van der Waals surface area contributed by atoms with Gasteiger partial charge in [-0.3, -0.25) is 0 Å². The van der Waals surface area contributed by atoms with E-state index in [-0.39, 0.29) is 11.9 Å². The Balaban J connectivity index is 2.75. The van der Waals surface area contributed by atoms with Gasteiger partial charge in [0.1, 0.15) is 0 Å². The van der Waals surface area contributed by atoms with Gasteiger partial charge in [-0.2, -0.15) is 39.9 Å². The Morgan fingerprint density at radius 3 is 2.56 bits per heavy atom. The maximum atomic E-state index is 12.4. The Kier molecular flexibility index (Phi) is 5.00. The molecule has 1 unspecified atom stereocenters. The van der Waals surface area contributed by atoms with Gasteiger partial charge in [0.05, 0.1) is 0 Å². The SMILES string of the molecule is CSCC(C)CNc1nc(N)nc(C(F)(F)F)n1. The van der Waals surface area contributed by atoms with Crippen LogP contribution in [0, 0.1) is 5.92 Å². The minimum atomic E-state index is -4.63. The molecule has 18 heavy (non-hydrogen) atoms. The van der Waals surface area contributed by atoms with E-state index in [2.05, 4.69) is 20.3 Å². The Morgan fingerprint density at radius 2 is 2.00 bits per heavy atom. The molecule has 0 aliphatic heterocycles. The van der Waals surface area contributed by atoms with Gasteiger partial charge in [-0.05, 0) is 17.9 Å². The first kappa shape index (κ1) is 14.8. The number of alkyl halides is 3. The van der Waals surface area contributed by atoms with Crippen molar-refractivity contribution in [2.75, 3.05) is 29.6 Å². The summed E-state index contributed by atoms with van der Waals surface area (Å²) in [6, 6.07) is 0. The molecule has 0 saturated heterocycles. The monoisotopic (exact) mass is 281 g/mol. The van der Waals surface area contributed by atoms with Gasteiger partial charge in [0.15, 0.2) is 0 Å². The molecule has 0 saturated carbocycles. The van der Waals surface area contributed by atoms with Crippen molar-refractivity contribution < 1.29 is 13.2 Å². The molecule has 0 aliphatic carbocycles. The van der Waals surface area contributed by atoms with Crippen LogP contribution in [0.15, 0.2) is 0 Å². The van der Waals surface area contributed by atoms with Crippen molar-refractivity contribution in [3.63, 3.8) is 0 Å². The normalized spacial score (nSPS) is 13.4. The molecular weight excluding hydrogens is 267 g/mol. The Morgan fingerprint density at radius 1 is 1.33 bits per heavy atom. The first-order chi connectivity index (χ1) is 8.32. The molecule has 1 heterocycles. The van der Waals surface area contributed by atoms with Gasteiger partial charge in [0.2, 0.25) is 17.7 Å². The summed E-state index contributed by atoms with van der Waals surface area (Å²) in [7, 11) is 0. The van der Waals surface area contributed by atoms with Crippen LogP contribution >= 0.6 is 11.8 Å². The minimum absolute atomic E-state index is 0.150. The van der Waals surface area contributed by atoms with Gasteiger partial charge in [-0.1, -0.05) is 6.92 Å². The fourth-order valence-electron chi connectivity index (χ4n) is 1.21. The van der Waals surface area contributed by atoms with Gasteiger partial charge in [0, 0.05) is 6.54 Å². The number of thioether (sulfide) groups is 1. The van der Waals surface area contributed by atoms with E-state index in [1.54, 1.807) is 11.8 Å².